The highest BCUT2D eigenvalue weighted by Gasteiger charge is 2.37. The van der Waals surface area contributed by atoms with E-state index in [1.165, 1.54) is 0 Å². The maximum Gasteiger partial charge on any atom is 0.326 e. The van der Waals surface area contributed by atoms with Crippen molar-refractivity contribution in [3.05, 3.63) is 33.8 Å². The van der Waals surface area contributed by atoms with Crippen LogP contribution >= 0.6 is 23.2 Å². The number of hydrogen-bond donors (Lipinski definition) is 3. The van der Waals surface area contributed by atoms with Gasteiger partial charge in [-0.1, -0.05) is 29.3 Å². The number of carbonyl (C=O) groups is 2. The highest BCUT2D eigenvalue weighted by Crippen LogP contribution is 2.32. The van der Waals surface area contributed by atoms with Crippen LogP contribution in [0.1, 0.15) is 18.4 Å². The first-order chi connectivity index (χ1) is 9.97. The van der Waals surface area contributed by atoms with Crippen LogP contribution in [-0.4, -0.2) is 29.7 Å². The van der Waals surface area contributed by atoms with Gasteiger partial charge >= 0.3 is 12.0 Å². The zero-order valence-corrected chi connectivity index (χ0v) is 12.7. The van der Waals surface area contributed by atoms with E-state index in [1.807, 2.05) is 0 Å². The molecule has 21 heavy (non-hydrogen) atoms. The lowest BCUT2D eigenvalue weighted by atomic mass is 10.1. The van der Waals surface area contributed by atoms with E-state index in [9.17, 15) is 9.59 Å². The maximum atomic E-state index is 11.7. The van der Waals surface area contributed by atoms with Crippen LogP contribution in [-0.2, 0) is 11.2 Å². The first-order valence-corrected chi connectivity index (χ1v) is 7.44. The topological polar surface area (TPSA) is 78.4 Å². The van der Waals surface area contributed by atoms with Gasteiger partial charge in [-0.15, -0.1) is 0 Å². The monoisotopic (exact) mass is 330 g/mol. The van der Waals surface area contributed by atoms with Gasteiger partial charge in [0.25, 0.3) is 0 Å². The molecule has 2 amide bonds. The summed E-state index contributed by atoms with van der Waals surface area (Å²) >= 11 is 11.8. The van der Waals surface area contributed by atoms with Crippen LogP contribution in [0.25, 0.3) is 0 Å². The predicted molar refractivity (Wildman–Crippen MR) is 80.8 cm³/mol. The minimum atomic E-state index is -0.992. The molecule has 0 aromatic heterocycles. The van der Waals surface area contributed by atoms with Crippen LogP contribution in [0.4, 0.5) is 4.79 Å². The molecule has 1 aliphatic rings. The Morgan fingerprint density at radius 1 is 1.33 bits per heavy atom. The van der Waals surface area contributed by atoms with Crippen molar-refractivity contribution >= 4 is 35.2 Å². The summed E-state index contributed by atoms with van der Waals surface area (Å²) in [6.07, 6.45) is 2.24. The van der Waals surface area contributed by atoms with Gasteiger partial charge in [0, 0.05) is 16.6 Å². The molecule has 114 valence electrons. The smallest absolute Gasteiger partial charge is 0.326 e. The van der Waals surface area contributed by atoms with Gasteiger partial charge < -0.3 is 15.7 Å². The molecule has 1 atom stereocenters. The first kappa shape index (κ1) is 15.9. The summed E-state index contributed by atoms with van der Waals surface area (Å²) < 4.78 is 0. The highest BCUT2D eigenvalue weighted by molar-refractivity contribution is 6.35. The van der Waals surface area contributed by atoms with E-state index in [-0.39, 0.29) is 5.92 Å². The molecule has 1 aromatic carbocycles. The second-order valence-corrected chi connectivity index (χ2v) is 5.88. The molecule has 0 spiro atoms. The third-order valence-electron chi connectivity index (χ3n) is 3.34. The molecule has 3 N–H and O–H groups in total. The van der Waals surface area contributed by atoms with E-state index in [2.05, 4.69) is 10.6 Å². The maximum absolute atomic E-state index is 11.7. The Balaban J connectivity index is 1.77. The average molecular weight is 331 g/mol. The van der Waals surface area contributed by atoms with Crippen molar-refractivity contribution in [3.8, 4) is 0 Å². The Kier molecular flexibility index (Phi) is 5.31. The quantitative estimate of drug-likeness (QED) is 0.750. The van der Waals surface area contributed by atoms with Crippen LogP contribution in [0.2, 0.25) is 10.0 Å². The minimum Gasteiger partial charge on any atom is -0.480 e. The molecule has 0 aliphatic heterocycles. The summed E-state index contributed by atoms with van der Waals surface area (Å²) in [4.78, 5) is 22.7. The number of halogens is 2. The minimum absolute atomic E-state index is 0.0546. The number of carbonyl (C=O) groups excluding carboxylic acids is 1. The fraction of sp³-hybridized carbons (Fsp3) is 0.429. The number of hydrogen-bond acceptors (Lipinski definition) is 2. The number of nitrogens with one attached hydrogen (secondary N) is 2. The molecular formula is C14H16Cl2N2O3. The van der Waals surface area contributed by atoms with Crippen LogP contribution in [0.3, 0.4) is 0 Å². The second-order valence-electron chi connectivity index (χ2n) is 5.04. The van der Waals surface area contributed by atoms with Gasteiger partial charge in [-0.2, -0.15) is 0 Å². The largest absolute Gasteiger partial charge is 0.480 e. The molecule has 1 aromatic rings. The van der Waals surface area contributed by atoms with Crippen molar-refractivity contribution in [2.24, 2.45) is 5.92 Å². The zero-order chi connectivity index (χ0) is 15.4. The second kappa shape index (κ2) is 7.00. The zero-order valence-electron chi connectivity index (χ0n) is 11.2. The lowest BCUT2D eigenvalue weighted by molar-refractivity contribution is -0.139. The normalized spacial score (nSPS) is 15.3. The van der Waals surface area contributed by atoms with Gasteiger partial charge in [0.1, 0.15) is 6.04 Å². The number of aliphatic carboxylic acids is 1. The summed E-state index contributed by atoms with van der Waals surface area (Å²) in [6.45, 7) is 0.365. The molecule has 7 heteroatoms. The molecule has 1 saturated carbocycles. The number of rotatable bonds is 6. The summed E-state index contributed by atoms with van der Waals surface area (Å²) in [6, 6.07) is 3.90. The number of carboxylic acid groups (broad SMARTS) is 1. The Hall–Kier alpha value is -1.46. The lowest BCUT2D eigenvalue weighted by Gasteiger charge is -2.14. The summed E-state index contributed by atoms with van der Waals surface area (Å²) in [5.74, 6) is -0.938. The fourth-order valence-corrected chi connectivity index (χ4v) is 2.54. The van der Waals surface area contributed by atoms with E-state index >= 15 is 0 Å². The van der Waals surface area contributed by atoms with Crippen molar-refractivity contribution in [1.29, 1.82) is 0 Å². The fourth-order valence-electron chi connectivity index (χ4n) is 2.04. The average Bonchev–Trinajstić information content (AvgIpc) is 3.22. The van der Waals surface area contributed by atoms with Gasteiger partial charge in [-0.3, -0.25) is 0 Å². The Bertz CT molecular complexity index is 547. The van der Waals surface area contributed by atoms with E-state index < -0.39 is 18.0 Å². The van der Waals surface area contributed by atoms with Crippen molar-refractivity contribution in [2.45, 2.75) is 25.3 Å². The predicted octanol–water partition coefficient (Wildman–Crippen LogP) is 2.70. The number of carboxylic acids is 1. The number of amides is 2. The van der Waals surface area contributed by atoms with Crippen LogP contribution < -0.4 is 10.6 Å². The summed E-state index contributed by atoms with van der Waals surface area (Å²) in [5, 5.41) is 15.3. The molecular weight excluding hydrogens is 315 g/mol. The van der Waals surface area contributed by atoms with Crippen molar-refractivity contribution in [1.82, 2.24) is 10.6 Å². The van der Waals surface area contributed by atoms with E-state index in [1.54, 1.807) is 18.2 Å². The molecule has 0 saturated heterocycles. The molecule has 1 fully saturated rings. The van der Waals surface area contributed by atoms with Crippen LogP contribution in [0, 0.1) is 5.92 Å². The summed E-state index contributed by atoms with van der Waals surface area (Å²) in [5.41, 5.74) is 0.873. The third-order valence-corrected chi connectivity index (χ3v) is 3.93. The molecule has 5 nitrogen and oxygen atoms in total. The standard InChI is InChI=1S/C14H16Cl2N2O3/c15-10-4-3-8(11(16)7-10)5-6-17-14(21)18-12(13(19)20)9-1-2-9/h3-4,7,9,12H,1-2,5-6H2,(H,19,20)(H2,17,18,21). The van der Waals surface area contributed by atoms with Gasteiger partial charge in [-0.05, 0) is 42.9 Å². The van der Waals surface area contributed by atoms with Gasteiger partial charge in [-0.25, -0.2) is 9.59 Å². The molecule has 0 bridgehead atoms. The Morgan fingerprint density at radius 3 is 2.62 bits per heavy atom. The SMILES string of the molecule is O=C(NCCc1ccc(Cl)cc1Cl)NC(C(=O)O)C1CC1. The lowest BCUT2D eigenvalue weighted by Crippen LogP contribution is -2.47. The molecule has 1 aliphatic carbocycles. The molecule has 2 rings (SSSR count). The Labute approximate surface area is 132 Å². The first-order valence-electron chi connectivity index (χ1n) is 6.68. The van der Waals surface area contributed by atoms with Gasteiger partial charge in [0.15, 0.2) is 0 Å². The summed E-state index contributed by atoms with van der Waals surface area (Å²) in [7, 11) is 0. The van der Waals surface area contributed by atoms with Crippen molar-refractivity contribution in [2.75, 3.05) is 6.54 Å². The van der Waals surface area contributed by atoms with E-state index in [4.69, 9.17) is 28.3 Å². The van der Waals surface area contributed by atoms with Crippen LogP contribution in [0.5, 0.6) is 0 Å². The van der Waals surface area contributed by atoms with Crippen LogP contribution in [0.15, 0.2) is 18.2 Å². The van der Waals surface area contributed by atoms with Crippen molar-refractivity contribution < 1.29 is 14.7 Å². The Morgan fingerprint density at radius 2 is 2.05 bits per heavy atom. The molecule has 0 heterocycles. The van der Waals surface area contributed by atoms with Crippen molar-refractivity contribution in [3.63, 3.8) is 0 Å². The molecule has 0 radical (unpaired) electrons. The number of benzene rings is 1. The van der Waals surface area contributed by atoms with Gasteiger partial charge in [0.2, 0.25) is 0 Å². The number of urea groups is 1. The molecule has 1 unspecified atom stereocenters. The van der Waals surface area contributed by atoms with Gasteiger partial charge in [0.05, 0.1) is 0 Å². The van der Waals surface area contributed by atoms with E-state index in [0.29, 0.717) is 23.0 Å². The highest BCUT2D eigenvalue weighted by atomic mass is 35.5. The van der Waals surface area contributed by atoms with E-state index in [0.717, 1.165) is 18.4 Å². The third kappa shape index (κ3) is 4.79.